The molecule has 0 aliphatic rings. The molecule has 2 heterocycles. The maximum atomic E-state index is 12.4. The van der Waals surface area contributed by atoms with Crippen molar-refractivity contribution in [3.8, 4) is 0 Å². The summed E-state index contributed by atoms with van der Waals surface area (Å²) in [6.45, 7) is 2.52. The first-order valence-corrected chi connectivity index (χ1v) is 7.50. The van der Waals surface area contributed by atoms with Crippen molar-refractivity contribution in [2.75, 3.05) is 0 Å². The molecule has 96 valence electrons. The van der Waals surface area contributed by atoms with Gasteiger partial charge >= 0.3 is 0 Å². The van der Waals surface area contributed by atoms with Crippen molar-refractivity contribution in [1.82, 2.24) is 9.55 Å². The van der Waals surface area contributed by atoms with Gasteiger partial charge < -0.3 is 0 Å². The number of aromatic nitrogens is 2. The first kappa shape index (κ1) is 12.6. The van der Waals surface area contributed by atoms with Gasteiger partial charge in [-0.1, -0.05) is 28.1 Å². The van der Waals surface area contributed by atoms with Crippen LogP contribution in [0.25, 0.3) is 10.2 Å². The molecule has 0 amide bonds. The van der Waals surface area contributed by atoms with Crippen LogP contribution in [0.1, 0.15) is 11.1 Å². The summed E-state index contributed by atoms with van der Waals surface area (Å²) in [7, 11) is 0. The quantitative estimate of drug-likeness (QED) is 0.718. The van der Waals surface area contributed by atoms with E-state index in [0.717, 1.165) is 25.8 Å². The molecule has 19 heavy (non-hydrogen) atoms. The van der Waals surface area contributed by atoms with Crippen molar-refractivity contribution in [3.05, 3.63) is 61.9 Å². The molecule has 0 bridgehead atoms. The molecule has 0 aliphatic heterocycles. The molecular weight excluding hydrogens is 324 g/mol. The SMILES string of the molecule is Cc1csc2c(=O)n(Cc3cccc(Br)c3)cnc12. The molecule has 0 saturated heterocycles. The van der Waals surface area contributed by atoms with Crippen LogP contribution in [-0.2, 0) is 6.54 Å². The fourth-order valence-electron chi connectivity index (χ4n) is 2.01. The summed E-state index contributed by atoms with van der Waals surface area (Å²) in [4.78, 5) is 16.7. The maximum absolute atomic E-state index is 12.4. The molecule has 1 aromatic carbocycles. The minimum Gasteiger partial charge on any atom is -0.294 e. The van der Waals surface area contributed by atoms with Crippen molar-refractivity contribution < 1.29 is 0 Å². The van der Waals surface area contributed by atoms with Gasteiger partial charge in [0.25, 0.3) is 5.56 Å². The molecule has 0 atom stereocenters. The molecule has 0 saturated carbocycles. The predicted molar refractivity (Wildman–Crippen MR) is 81.9 cm³/mol. The first-order valence-electron chi connectivity index (χ1n) is 5.83. The molecule has 0 radical (unpaired) electrons. The highest BCUT2D eigenvalue weighted by atomic mass is 79.9. The number of benzene rings is 1. The van der Waals surface area contributed by atoms with E-state index in [1.54, 1.807) is 10.9 Å². The minimum absolute atomic E-state index is 0.0306. The van der Waals surface area contributed by atoms with E-state index in [-0.39, 0.29) is 5.56 Å². The Morgan fingerprint density at radius 2 is 2.26 bits per heavy atom. The predicted octanol–water partition coefficient (Wildman–Crippen LogP) is 3.58. The van der Waals surface area contributed by atoms with Crippen LogP contribution in [0.3, 0.4) is 0 Å². The van der Waals surface area contributed by atoms with Gasteiger partial charge in [-0.2, -0.15) is 0 Å². The molecule has 2 aromatic heterocycles. The molecule has 0 unspecified atom stereocenters. The zero-order valence-corrected chi connectivity index (χ0v) is 12.7. The van der Waals surface area contributed by atoms with E-state index in [4.69, 9.17) is 0 Å². The Hall–Kier alpha value is -1.46. The number of hydrogen-bond donors (Lipinski definition) is 0. The van der Waals surface area contributed by atoms with Gasteiger partial charge in [0.1, 0.15) is 4.70 Å². The van der Waals surface area contributed by atoms with Crippen LogP contribution < -0.4 is 5.56 Å². The van der Waals surface area contributed by atoms with Crippen LogP contribution in [0.4, 0.5) is 0 Å². The number of halogens is 1. The van der Waals surface area contributed by atoms with Crippen LogP contribution in [0.5, 0.6) is 0 Å². The number of fused-ring (bicyclic) bond motifs is 1. The Morgan fingerprint density at radius 3 is 3.05 bits per heavy atom. The topological polar surface area (TPSA) is 34.9 Å². The monoisotopic (exact) mass is 334 g/mol. The Labute approximate surface area is 122 Å². The third-order valence-corrected chi connectivity index (χ3v) is 4.53. The second-order valence-electron chi connectivity index (χ2n) is 4.40. The van der Waals surface area contributed by atoms with Gasteiger partial charge in [-0.05, 0) is 35.6 Å². The number of thiophene rings is 1. The Bertz CT molecular complexity index is 807. The smallest absolute Gasteiger partial charge is 0.271 e. The normalized spacial score (nSPS) is 11.1. The summed E-state index contributed by atoms with van der Waals surface area (Å²) in [6, 6.07) is 7.94. The van der Waals surface area contributed by atoms with E-state index >= 15 is 0 Å². The lowest BCUT2D eigenvalue weighted by atomic mass is 10.2. The minimum atomic E-state index is 0.0306. The fraction of sp³-hybridized carbons (Fsp3) is 0.143. The summed E-state index contributed by atoms with van der Waals surface area (Å²) in [6.07, 6.45) is 1.63. The summed E-state index contributed by atoms with van der Waals surface area (Å²) >= 11 is 4.90. The van der Waals surface area contributed by atoms with Gasteiger partial charge in [0.2, 0.25) is 0 Å². The van der Waals surface area contributed by atoms with E-state index < -0.39 is 0 Å². The zero-order valence-electron chi connectivity index (χ0n) is 10.3. The van der Waals surface area contributed by atoms with Gasteiger partial charge in [0, 0.05) is 4.47 Å². The molecule has 0 spiro atoms. The molecule has 5 heteroatoms. The lowest BCUT2D eigenvalue weighted by Crippen LogP contribution is -2.20. The molecule has 0 aliphatic carbocycles. The Kier molecular flexibility index (Phi) is 3.24. The van der Waals surface area contributed by atoms with E-state index in [0.29, 0.717) is 6.54 Å². The van der Waals surface area contributed by atoms with Crippen molar-refractivity contribution in [1.29, 1.82) is 0 Å². The van der Waals surface area contributed by atoms with Crippen LogP contribution in [0.2, 0.25) is 0 Å². The summed E-state index contributed by atoms with van der Waals surface area (Å²) in [5.74, 6) is 0. The summed E-state index contributed by atoms with van der Waals surface area (Å²) < 4.78 is 3.40. The van der Waals surface area contributed by atoms with Gasteiger partial charge in [-0.3, -0.25) is 9.36 Å². The van der Waals surface area contributed by atoms with E-state index in [1.807, 2.05) is 36.6 Å². The van der Waals surface area contributed by atoms with Crippen molar-refractivity contribution in [3.63, 3.8) is 0 Å². The molecule has 0 N–H and O–H groups in total. The molecular formula is C14H11BrN2OS. The second-order valence-corrected chi connectivity index (χ2v) is 6.20. The van der Waals surface area contributed by atoms with Crippen LogP contribution >= 0.6 is 27.3 Å². The standard InChI is InChI=1S/C14H11BrN2OS/c1-9-7-19-13-12(9)16-8-17(14(13)18)6-10-3-2-4-11(15)5-10/h2-5,7-8H,6H2,1H3. The highest BCUT2D eigenvalue weighted by molar-refractivity contribution is 9.10. The lowest BCUT2D eigenvalue weighted by molar-refractivity contribution is 0.749. The Balaban J connectivity index is 2.06. The third kappa shape index (κ3) is 2.35. The van der Waals surface area contributed by atoms with Crippen molar-refractivity contribution in [2.24, 2.45) is 0 Å². The average molecular weight is 335 g/mol. The van der Waals surface area contributed by atoms with Gasteiger partial charge in [-0.15, -0.1) is 11.3 Å². The van der Waals surface area contributed by atoms with E-state index in [1.165, 1.54) is 11.3 Å². The van der Waals surface area contributed by atoms with Crippen LogP contribution in [0.15, 0.2) is 45.2 Å². The number of aryl methyl sites for hydroxylation is 1. The fourth-order valence-corrected chi connectivity index (χ4v) is 3.40. The highest BCUT2D eigenvalue weighted by Crippen LogP contribution is 2.19. The number of nitrogens with zero attached hydrogens (tertiary/aromatic N) is 2. The summed E-state index contributed by atoms with van der Waals surface area (Å²) in [5.41, 5.74) is 2.99. The Morgan fingerprint density at radius 1 is 1.42 bits per heavy atom. The highest BCUT2D eigenvalue weighted by Gasteiger charge is 2.08. The number of hydrogen-bond acceptors (Lipinski definition) is 3. The molecule has 0 fully saturated rings. The number of rotatable bonds is 2. The largest absolute Gasteiger partial charge is 0.294 e. The maximum Gasteiger partial charge on any atom is 0.271 e. The van der Waals surface area contributed by atoms with E-state index in [2.05, 4.69) is 20.9 Å². The van der Waals surface area contributed by atoms with E-state index in [9.17, 15) is 4.79 Å². The van der Waals surface area contributed by atoms with Gasteiger partial charge in [-0.25, -0.2) is 4.98 Å². The molecule has 3 rings (SSSR count). The van der Waals surface area contributed by atoms with Crippen LogP contribution in [-0.4, -0.2) is 9.55 Å². The van der Waals surface area contributed by atoms with Gasteiger partial charge in [0.05, 0.1) is 18.4 Å². The lowest BCUT2D eigenvalue weighted by Gasteiger charge is -2.05. The zero-order chi connectivity index (χ0) is 13.4. The first-order chi connectivity index (χ1) is 9.15. The summed E-state index contributed by atoms with van der Waals surface area (Å²) in [5, 5.41) is 1.97. The average Bonchev–Trinajstić information content (AvgIpc) is 2.76. The third-order valence-electron chi connectivity index (χ3n) is 2.97. The second kappa shape index (κ2) is 4.90. The van der Waals surface area contributed by atoms with Crippen molar-refractivity contribution in [2.45, 2.75) is 13.5 Å². The van der Waals surface area contributed by atoms with Crippen molar-refractivity contribution >= 4 is 37.5 Å². The molecule has 3 nitrogen and oxygen atoms in total. The van der Waals surface area contributed by atoms with Gasteiger partial charge in [0.15, 0.2) is 0 Å². The molecule has 3 aromatic rings. The van der Waals surface area contributed by atoms with Crippen LogP contribution in [0, 0.1) is 6.92 Å².